The fourth-order valence-corrected chi connectivity index (χ4v) is 2.59. The Bertz CT molecular complexity index is 361. The minimum Gasteiger partial charge on any atom is -0.394 e. The van der Waals surface area contributed by atoms with E-state index in [0.29, 0.717) is 12.5 Å². The van der Waals surface area contributed by atoms with Gasteiger partial charge in [-0.15, -0.1) is 0 Å². The smallest absolute Gasteiger partial charge is 0.0688 e. The van der Waals surface area contributed by atoms with E-state index in [2.05, 4.69) is 26.1 Å². The van der Waals surface area contributed by atoms with Crippen LogP contribution in [0.4, 0.5) is 0 Å². The maximum Gasteiger partial charge on any atom is 0.0688 e. The Morgan fingerprint density at radius 1 is 1.20 bits per heavy atom. The van der Waals surface area contributed by atoms with Crippen molar-refractivity contribution in [2.75, 3.05) is 20.3 Å². The Balaban J connectivity index is 2.60. The first-order chi connectivity index (χ1) is 9.54. The lowest BCUT2D eigenvalue weighted by Gasteiger charge is -2.32. The number of likely N-dealkylation sites (N-methyl/N-ethyl adjacent to an activating group) is 1. The molecule has 0 amide bonds. The summed E-state index contributed by atoms with van der Waals surface area (Å²) < 4.78 is 5.88. The molecule has 1 aromatic carbocycles. The van der Waals surface area contributed by atoms with Gasteiger partial charge in [-0.1, -0.05) is 44.2 Å². The monoisotopic (exact) mass is 279 g/mol. The fourth-order valence-electron chi connectivity index (χ4n) is 2.59. The van der Waals surface area contributed by atoms with E-state index in [0.717, 1.165) is 18.4 Å². The predicted molar refractivity (Wildman–Crippen MR) is 83.8 cm³/mol. The van der Waals surface area contributed by atoms with Gasteiger partial charge in [0.25, 0.3) is 0 Å². The van der Waals surface area contributed by atoms with Crippen LogP contribution in [-0.2, 0) is 10.3 Å². The zero-order valence-electron chi connectivity index (χ0n) is 13.2. The third-order valence-electron chi connectivity index (χ3n) is 3.81. The van der Waals surface area contributed by atoms with Crippen molar-refractivity contribution in [1.82, 2.24) is 5.32 Å². The third-order valence-corrected chi connectivity index (χ3v) is 3.81. The van der Waals surface area contributed by atoms with Crippen molar-refractivity contribution in [1.29, 1.82) is 0 Å². The first kappa shape index (κ1) is 17.2. The second-order valence-electron chi connectivity index (χ2n) is 5.92. The van der Waals surface area contributed by atoms with Crippen LogP contribution in [-0.4, -0.2) is 31.5 Å². The Kier molecular flexibility index (Phi) is 7.20. The molecule has 0 spiro atoms. The number of benzene rings is 1. The molecule has 3 heteroatoms. The molecule has 20 heavy (non-hydrogen) atoms. The molecular formula is C17H29NO2. The summed E-state index contributed by atoms with van der Waals surface area (Å²) in [6.07, 6.45) is 2.09. The highest BCUT2D eigenvalue weighted by molar-refractivity contribution is 5.24. The molecule has 0 aliphatic rings. The molecule has 0 saturated carbocycles. The van der Waals surface area contributed by atoms with Crippen molar-refractivity contribution >= 4 is 0 Å². The zero-order chi connectivity index (χ0) is 15.0. The number of nitrogens with one attached hydrogen (secondary N) is 1. The minimum absolute atomic E-state index is 0.0649. The van der Waals surface area contributed by atoms with Crippen LogP contribution < -0.4 is 5.32 Å². The van der Waals surface area contributed by atoms with Gasteiger partial charge in [0.1, 0.15) is 0 Å². The van der Waals surface area contributed by atoms with Crippen molar-refractivity contribution < 1.29 is 9.84 Å². The van der Waals surface area contributed by atoms with Gasteiger partial charge in [0.15, 0.2) is 0 Å². The van der Waals surface area contributed by atoms with Gasteiger partial charge in [-0.3, -0.25) is 0 Å². The minimum atomic E-state index is -0.418. The van der Waals surface area contributed by atoms with Gasteiger partial charge >= 0.3 is 0 Å². The zero-order valence-corrected chi connectivity index (χ0v) is 13.2. The molecule has 0 fully saturated rings. The van der Waals surface area contributed by atoms with Gasteiger partial charge < -0.3 is 15.2 Å². The molecule has 0 aliphatic heterocycles. The number of rotatable bonds is 9. The predicted octanol–water partition coefficient (Wildman–Crippen LogP) is 2.93. The van der Waals surface area contributed by atoms with Crippen LogP contribution in [0.5, 0.6) is 0 Å². The van der Waals surface area contributed by atoms with Gasteiger partial charge in [0.05, 0.1) is 18.2 Å². The van der Waals surface area contributed by atoms with Gasteiger partial charge in [0, 0.05) is 6.61 Å². The lowest BCUT2D eigenvalue weighted by atomic mass is 9.88. The number of ether oxygens (including phenoxy) is 1. The Labute approximate surface area is 123 Å². The quantitative estimate of drug-likeness (QED) is 0.730. The molecule has 0 saturated heterocycles. The summed E-state index contributed by atoms with van der Waals surface area (Å²) >= 11 is 0. The van der Waals surface area contributed by atoms with E-state index in [4.69, 9.17) is 4.74 Å². The Morgan fingerprint density at radius 2 is 1.85 bits per heavy atom. The van der Waals surface area contributed by atoms with E-state index in [1.807, 2.05) is 37.4 Å². The largest absolute Gasteiger partial charge is 0.394 e. The summed E-state index contributed by atoms with van der Waals surface area (Å²) in [5.41, 5.74) is 0.684. The average molecular weight is 279 g/mol. The maximum atomic E-state index is 9.82. The van der Waals surface area contributed by atoms with E-state index in [-0.39, 0.29) is 12.7 Å². The second-order valence-corrected chi connectivity index (χ2v) is 5.92. The fraction of sp³-hybridized carbons (Fsp3) is 0.647. The van der Waals surface area contributed by atoms with E-state index in [9.17, 15) is 5.11 Å². The van der Waals surface area contributed by atoms with Crippen LogP contribution in [0.25, 0.3) is 0 Å². The van der Waals surface area contributed by atoms with Gasteiger partial charge in [-0.2, -0.15) is 0 Å². The normalized spacial score (nSPS) is 16.1. The Morgan fingerprint density at radius 3 is 2.35 bits per heavy atom. The third kappa shape index (κ3) is 4.89. The average Bonchev–Trinajstić information content (AvgIpc) is 2.44. The van der Waals surface area contributed by atoms with E-state index >= 15 is 0 Å². The highest BCUT2D eigenvalue weighted by Gasteiger charge is 2.29. The van der Waals surface area contributed by atoms with Crippen molar-refractivity contribution in [3.63, 3.8) is 0 Å². The summed E-state index contributed by atoms with van der Waals surface area (Å²) in [4.78, 5) is 0. The van der Waals surface area contributed by atoms with Crippen molar-refractivity contribution in [2.24, 2.45) is 5.92 Å². The van der Waals surface area contributed by atoms with E-state index in [1.165, 1.54) is 0 Å². The van der Waals surface area contributed by atoms with Gasteiger partial charge in [-0.25, -0.2) is 0 Å². The lowest BCUT2D eigenvalue weighted by molar-refractivity contribution is 0.0276. The molecule has 0 heterocycles. The second kappa shape index (κ2) is 8.40. The number of aliphatic hydroxyl groups is 1. The van der Waals surface area contributed by atoms with Crippen molar-refractivity contribution in [2.45, 2.75) is 45.3 Å². The molecule has 0 radical (unpaired) electrons. The topological polar surface area (TPSA) is 41.5 Å². The molecule has 0 bridgehead atoms. The van der Waals surface area contributed by atoms with Crippen LogP contribution in [0.3, 0.4) is 0 Å². The number of hydrogen-bond acceptors (Lipinski definition) is 3. The molecular weight excluding hydrogens is 250 g/mol. The molecule has 1 rings (SSSR count). The van der Waals surface area contributed by atoms with Crippen LogP contribution in [0.15, 0.2) is 30.3 Å². The SMILES string of the molecule is CNC(CO)(CCOC(C)CC(C)C)c1ccccc1. The van der Waals surface area contributed by atoms with Crippen LogP contribution >= 0.6 is 0 Å². The van der Waals surface area contributed by atoms with Crippen LogP contribution in [0.2, 0.25) is 0 Å². The first-order valence-corrected chi connectivity index (χ1v) is 7.51. The van der Waals surface area contributed by atoms with Crippen LogP contribution in [0.1, 0.15) is 39.2 Å². The van der Waals surface area contributed by atoms with E-state index < -0.39 is 5.54 Å². The van der Waals surface area contributed by atoms with Crippen LogP contribution in [0, 0.1) is 5.92 Å². The number of hydrogen-bond donors (Lipinski definition) is 2. The van der Waals surface area contributed by atoms with E-state index in [1.54, 1.807) is 0 Å². The summed E-state index contributed by atoms with van der Waals surface area (Å²) in [6, 6.07) is 10.1. The maximum absolute atomic E-state index is 9.82. The van der Waals surface area contributed by atoms with Crippen molar-refractivity contribution in [3.05, 3.63) is 35.9 Å². The molecule has 0 aliphatic carbocycles. The standard InChI is InChI=1S/C17H29NO2/c1-14(2)12-15(3)20-11-10-17(13-19,18-4)16-8-6-5-7-9-16/h5-9,14-15,18-19H,10-13H2,1-4H3. The Hall–Kier alpha value is -0.900. The molecule has 1 aromatic rings. The molecule has 0 aromatic heterocycles. The molecule has 2 unspecified atom stereocenters. The molecule has 2 N–H and O–H groups in total. The van der Waals surface area contributed by atoms with Gasteiger partial charge in [0.2, 0.25) is 0 Å². The number of aliphatic hydroxyl groups excluding tert-OH is 1. The summed E-state index contributed by atoms with van der Waals surface area (Å²) in [7, 11) is 1.89. The lowest BCUT2D eigenvalue weighted by Crippen LogP contribution is -2.44. The molecule has 2 atom stereocenters. The molecule has 3 nitrogen and oxygen atoms in total. The summed E-state index contributed by atoms with van der Waals surface area (Å²) in [6.45, 7) is 7.23. The summed E-state index contributed by atoms with van der Waals surface area (Å²) in [5.74, 6) is 0.644. The van der Waals surface area contributed by atoms with Crippen molar-refractivity contribution in [3.8, 4) is 0 Å². The molecule has 114 valence electrons. The highest BCUT2D eigenvalue weighted by Crippen LogP contribution is 2.24. The summed E-state index contributed by atoms with van der Waals surface area (Å²) in [5, 5.41) is 13.1. The highest BCUT2D eigenvalue weighted by atomic mass is 16.5. The first-order valence-electron chi connectivity index (χ1n) is 7.51. The van der Waals surface area contributed by atoms with Gasteiger partial charge in [-0.05, 0) is 38.3 Å².